The van der Waals surface area contributed by atoms with Gasteiger partial charge in [0.1, 0.15) is 11.1 Å². The van der Waals surface area contributed by atoms with E-state index in [1.165, 1.54) is 23.1 Å². The predicted octanol–water partition coefficient (Wildman–Crippen LogP) is 3.76. The molecule has 2 heterocycles. The van der Waals surface area contributed by atoms with Gasteiger partial charge in [0.2, 0.25) is 5.91 Å². The third-order valence-electron chi connectivity index (χ3n) is 3.59. The van der Waals surface area contributed by atoms with Gasteiger partial charge < -0.3 is 10.1 Å². The normalized spacial score (nSPS) is 10.5. The summed E-state index contributed by atoms with van der Waals surface area (Å²) in [5.41, 5.74) is 2.00. The van der Waals surface area contributed by atoms with Crippen LogP contribution in [0.1, 0.15) is 50.1 Å². The molecule has 0 atom stereocenters. The van der Waals surface area contributed by atoms with E-state index < -0.39 is 0 Å². The molecule has 0 saturated carbocycles. The van der Waals surface area contributed by atoms with Crippen molar-refractivity contribution in [2.24, 2.45) is 0 Å². The number of thiazole rings is 1. The molecule has 148 valence electrons. The second-order valence-corrected chi connectivity index (χ2v) is 8.07. The van der Waals surface area contributed by atoms with Crippen LogP contribution in [-0.4, -0.2) is 34.2 Å². The molecule has 0 aromatic carbocycles. The molecule has 0 aliphatic carbocycles. The molecule has 0 saturated heterocycles. The van der Waals surface area contributed by atoms with Gasteiger partial charge in [-0.25, -0.2) is 9.97 Å². The third-order valence-corrected chi connectivity index (χ3v) is 5.39. The molecule has 0 aliphatic rings. The first-order chi connectivity index (χ1) is 13.4. The summed E-state index contributed by atoms with van der Waals surface area (Å²) in [6.07, 6.45) is 0.348. The molecule has 9 heteroatoms. The van der Waals surface area contributed by atoms with Gasteiger partial charge in [-0.2, -0.15) is 5.26 Å². The molecular formula is C19H22N4O3S2. The van der Waals surface area contributed by atoms with Crippen LogP contribution in [0.4, 0.5) is 5.13 Å². The number of hydrogen-bond donors (Lipinski definition) is 1. The average Bonchev–Trinajstić information content (AvgIpc) is 3.08. The molecule has 0 aliphatic heterocycles. The van der Waals surface area contributed by atoms with Gasteiger partial charge in [-0.15, -0.1) is 23.1 Å². The fourth-order valence-corrected chi connectivity index (χ4v) is 3.85. The highest BCUT2D eigenvalue weighted by Crippen LogP contribution is 2.24. The number of nitrogens with zero attached hydrogens (tertiary/aromatic N) is 3. The number of thioether (sulfide) groups is 1. The van der Waals surface area contributed by atoms with Crippen LogP contribution < -0.4 is 5.32 Å². The Bertz CT molecular complexity index is 874. The van der Waals surface area contributed by atoms with E-state index >= 15 is 0 Å². The fourth-order valence-electron chi connectivity index (χ4n) is 2.20. The van der Waals surface area contributed by atoms with Gasteiger partial charge in [-0.05, 0) is 25.0 Å². The number of carbonyl (C=O) groups is 2. The van der Waals surface area contributed by atoms with Gasteiger partial charge >= 0.3 is 5.97 Å². The molecule has 1 amide bonds. The SMILES string of the molecule is CCOC(=O)Cc1csc(NC(=O)CCSc2nc(C(C)C)ccc2C#N)n1. The largest absolute Gasteiger partial charge is 0.466 e. The molecule has 28 heavy (non-hydrogen) atoms. The minimum Gasteiger partial charge on any atom is -0.466 e. The number of nitriles is 1. The van der Waals surface area contributed by atoms with Crippen LogP contribution in [0.25, 0.3) is 0 Å². The molecule has 0 fully saturated rings. The summed E-state index contributed by atoms with van der Waals surface area (Å²) in [6.45, 7) is 6.16. The van der Waals surface area contributed by atoms with Gasteiger partial charge in [-0.3, -0.25) is 9.59 Å². The van der Waals surface area contributed by atoms with E-state index in [-0.39, 0.29) is 30.6 Å². The van der Waals surface area contributed by atoms with Crippen LogP contribution in [0.15, 0.2) is 22.5 Å². The highest BCUT2D eigenvalue weighted by atomic mass is 32.2. The molecule has 2 rings (SSSR count). The molecule has 2 aromatic rings. The summed E-state index contributed by atoms with van der Waals surface area (Å²) in [7, 11) is 0. The molecule has 0 spiro atoms. The van der Waals surface area contributed by atoms with Crippen LogP contribution in [0, 0.1) is 11.3 Å². The topological polar surface area (TPSA) is 105 Å². The highest BCUT2D eigenvalue weighted by Gasteiger charge is 2.12. The Labute approximate surface area is 172 Å². The number of nitrogens with one attached hydrogen (secondary N) is 1. The maximum absolute atomic E-state index is 12.1. The minimum absolute atomic E-state index is 0.0882. The van der Waals surface area contributed by atoms with Gasteiger partial charge in [0.15, 0.2) is 5.13 Å². The smallest absolute Gasteiger partial charge is 0.311 e. The Hall–Kier alpha value is -2.44. The van der Waals surface area contributed by atoms with Crippen LogP contribution in [0.3, 0.4) is 0 Å². The summed E-state index contributed by atoms with van der Waals surface area (Å²) < 4.78 is 4.88. The van der Waals surface area contributed by atoms with Crippen molar-refractivity contribution in [1.29, 1.82) is 5.26 Å². The van der Waals surface area contributed by atoms with Gasteiger partial charge in [0, 0.05) is 23.2 Å². The predicted molar refractivity (Wildman–Crippen MR) is 109 cm³/mol. The zero-order chi connectivity index (χ0) is 20.5. The average molecular weight is 419 g/mol. The van der Waals surface area contributed by atoms with E-state index in [0.29, 0.717) is 33.8 Å². The highest BCUT2D eigenvalue weighted by molar-refractivity contribution is 7.99. The Kier molecular flexibility index (Phi) is 8.42. The lowest BCUT2D eigenvalue weighted by molar-refractivity contribution is -0.142. The van der Waals surface area contributed by atoms with Crippen molar-refractivity contribution in [2.45, 2.75) is 44.6 Å². The number of anilines is 1. The lowest BCUT2D eigenvalue weighted by atomic mass is 10.1. The Morgan fingerprint density at radius 2 is 2.14 bits per heavy atom. The Morgan fingerprint density at radius 1 is 1.36 bits per heavy atom. The van der Waals surface area contributed by atoms with E-state index in [0.717, 1.165) is 5.69 Å². The molecule has 0 unspecified atom stereocenters. The molecule has 0 radical (unpaired) electrons. The Morgan fingerprint density at radius 3 is 2.82 bits per heavy atom. The van der Waals surface area contributed by atoms with Crippen LogP contribution in [-0.2, 0) is 20.7 Å². The van der Waals surface area contributed by atoms with Crippen molar-refractivity contribution in [2.75, 3.05) is 17.7 Å². The van der Waals surface area contributed by atoms with Gasteiger partial charge in [0.25, 0.3) is 0 Å². The van der Waals surface area contributed by atoms with E-state index in [2.05, 4.69) is 21.4 Å². The number of amides is 1. The second-order valence-electron chi connectivity index (χ2n) is 6.13. The van der Waals surface area contributed by atoms with Crippen molar-refractivity contribution in [3.8, 4) is 6.07 Å². The third kappa shape index (κ3) is 6.62. The van der Waals surface area contributed by atoms with Crippen molar-refractivity contribution >= 4 is 40.1 Å². The second kappa shape index (κ2) is 10.8. The number of carbonyl (C=O) groups excluding carboxylic acids is 2. The zero-order valence-corrected chi connectivity index (χ0v) is 17.7. The first kappa shape index (κ1) is 21.9. The van der Waals surface area contributed by atoms with Crippen LogP contribution in [0.5, 0.6) is 0 Å². The maximum atomic E-state index is 12.1. The summed E-state index contributed by atoms with van der Waals surface area (Å²) in [4.78, 5) is 32.3. The van der Waals surface area contributed by atoms with E-state index in [4.69, 9.17) is 4.74 Å². The monoisotopic (exact) mass is 418 g/mol. The van der Waals surface area contributed by atoms with E-state index in [9.17, 15) is 14.9 Å². The first-order valence-corrected chi connectivity index (χ1v) is 10.7. The maximum Gasteiger partial charge on any atom is 0.311 e. The van der Waals surface area contributed by atoms with Crippen molar-refractivity contribution in [1.82, 2.24) is 9.97 Å². The number of esters is 1. The quantitative estimate of drug-likeness (QED) is 0.488. The molecule has 7 nitrogen and oxygen atoms in total. The van der Waals surface area contributed by atoms with E-state index in [1.807, 2.05) is 19.9 Å². The minimum atomic E-state index is -0.341. The van der Waals surface area contributed by atoms with Gasteiger partial charge in [-0.1, -0.05) is 13.8 Å². The number of aromatic nitrogens is 2. The number of hydrogen-bond acceptors (Lipinski definition) is 8. The van der Waals surface area contributed by atoms with E-state index in [1.54, 1.807) is 18.4 Å². The standard InChI is InChI=1S/C19H22N4O3S2/c1-4-26-17(25)9-14-11-28-19(21-14)23-16(24)7-8-27-18-13(10-20)5-6-15(22-18)12(2)3/h5-6,11-12H,4,7-9H2,1-3H3,(H,21,23,24). The number of ether oxygens (including phenoxy) is 1. The molecular weight excluding hydrogens is 396 g/mol. The molecule has 1 N–H and O–H groups in total. The van der Waals surface area contributed by atoms with Crippen molar-refractivity contribution in [3.63, 3.8) is 0 Å². The zero-order valence-electron chi connectivity index (χ0n) is 16.0. The Balaban J connectivity index is 1.85. The van der Waals surface area contributed by atoms with Gasteiger partial charge in [0.05, 0.1) is 24.3 Å². The van der Waals surface area contributed by atoms with Crippen LogP contribution >= 0.6 is 23.1 Å². The summed E-state index contributed by atoms with van der Waals surface area (Å²) in [5.74, 6) is 0.245. The fraction of sp³-hybridized carbons (Fsp3) is 0.421. The molecule has 0 bridgehead atoms. The first-order valence-electron chi connectivity index (χ1n) is 8.86. The van der Waals surface area contributed by atoms with Crippen LogP contribution in [0.2, 0.25) is 0 Å². The van der Waals surface area contributed by atoms with Crippen molar-refractivity contribution < 1.29 is 14.3 Å². The molecule has 2 aromatic heterocycles. The lowest BCUT2D eigenvalue weighted by Gasteiger charge is -2.08. The summed E-state index contributed by atoms with van der Waals surface area (Å²) in [5, 5.41) is 14.8. The number of rotatable bonds is 9. The lowest BCUT2D eigenvalue weighted by Crippen LogP contribution is -2.12. The number of pyridine rings is 1. The summed E-state index contributed by atoms with van der Waals surface area (Å²) in [6, 6.07) is 5.76. The summed E-state index contributed by atoms with van der Waals surface area (Å²) >= 11 is 2.65. The van der Waals surface area contributed by atoms with Crippen molar-refractivity contribution in [3.05, 3.63) is 34.5 Å².